The summed E-state index contributed by atoms with van der Waals surface area (Å²) in [5.41, 5.74) is 9.32. The van der Waals surface area contributed by atoms with Crippen molar-refractivity contribution < 1.29 is 28.6 Å². The van der Waals surface area contributed by atoms with Crippen LogP contribution in [0, 0.1) is 11.2 Å². The second-order valence-corrected chi connectivity index (χ2v) is 18.2. The van der Waals surface area contributed by atoms with E-state index >= 15 is 0 Å². The van der Waals surface area contributed by atoms with Crippen LogP contribution in [-0.2, 0) is 19.4 Å². The predicted molar refractivity (Wildman–Crippen MR) is 158 cm³/mol. The van der Waals surface area contributed by atoms with Crippen molar-refractivity contribution in [2.45, 2.75) is 110 Å². The van der Waals surface area contributed by atoms with Gasteiger partial charge in [-0.3, -0.25) is 9.59 Å². The quantitative estimate of drug-likeness (QED) is 0.134. The minimum atomic E-state index is -1.82. The van der Waals surface area contributed by atoms with E-state index in [4.69, 9.17) is 21.0 Å². The molecule has 0 saturated heterocycles. The molecule has 0 aliphatic rings. The van der Waals surface area contributed by atoms with Crippen LogP contribution in [0.15, 0.2) is 22.7 Å². The van der Waals surface area contributed by atoms with Gasteiger partial charge in [-0.25, -0.2) is 4.39 Å². The first-order chi connectivity index (χ1) is 17.2. The smallest absolute Gasteiger partial charge is 0.320 e. The van der Waals surface area contributed by atoms with Gasteiger partial charge in [-0.05, 0) is 84.7 Å². The van der Waals surface area contributed by atoms with Gasteiger partial charge in [0.15, 0.2) is 8.32 Å². The number of hydrogen-bond acceptors (Lipinski definition) is 5. The summed E-state index contributed by atoms with van der Waals surface area (Å²) in [6.45, 7) is 18.3. The molecule has 6 N–H and O–H groups in total. The average Bonchev–Trinajstić information content (AvgIpc) is 2.79. The number of halogens is 2. The summed E-state index contributed by atoms with van der Waals surface area (Å²) >= 11 is 3.16. The van der Waals surface area contributed by atoms with Gasteiger partial charge in [-0.15, -0.1) is 0 Å². The van der Waals surface area contributed by atoms with Gasteiger partial charge in [-0.1, -0.05) is 59.6 Å². The molecular weight excluding hydrogens is 571 g/mol. The second-order valence-electron chi connectivity index (χ2n) is 12.5. The molecule has 0 aromatic heterocycles. The summed E-state index contributed by atoms with van der Waals surface area (Å²) < 4.78 is 21.2. The Morgan fingerprint density at radius 3 is 2.11 bits per heavy atom. The fraction of sp³-hybridized carbons (Fsp3) is 0.714. The highest BCUT2D eigenvalue weighted by atomic mass is 79.9. The lowest BCUT2D eigenvalue weighted by molar-refractivity contribution is -0.143. The van der Waals surface area contributed by atoms with Crippen LogP contribution in [0.2, 0.25) is 18.1 Å². The van der Waals surface area contributed by atoms with E-state index in [0.717, 1.165) is 19.3 Å². The largest absolute Gasteiger partial charge is 0.481 e. The maximum atomic E-state index is 14.6. The highest BCUT2D eigenvalue weighted by molar-refractivity contribution is 9.10. The van der Waals surface area contributed by atoms with Crippen LogP contribution in [-0.4, -0.2) is 49.7 Å². The average molecular weight is 622 g/mol. The van der Waals surface area contributed by atoms with Crippen molar-refractivity contribution in [2.75, 3.05) is 13.2 Å². The van der Waals surface area contributed by atoms with Gasteiger partial charge in [0.2, 0.25) is 0 Å². The van der Waals surface area contributed by atoms with Gasteiger partial charge < -0.3 is 26.1 Å². The molecule has 0 heterocycles. The van der Waals surface area contributed by atoms with Gasteiger partial charge in [0, 0.05) is 12.2 Å². The van der Waals surface area contributed by atoms with Gasteiger partial charge in [0.1, 0.15) is 11.9 Å². The van der Waals surface area contributed by atoms with Crippen LogP contribution in [0.25, 0.3) is 0 Å². The maximum Gasteiger partial charge on any atom is 0.320 e. The maximum absolute atomic E-state index is 14.6. The third-order valence-corrected chi connectivity index (χ3v) is 12.6. The van der Waals surface area contributed by atoms with Crippen LogP contribution in [0.4, 0.5) is 4.39 Å². The summed E-state index contributed by atoms with van der Waals surface area (Å²) in [5.74, 6) is -2.43. The van der Waals surface area contributed by atoms with Crippen molar-refractivity contribution >= 4 is 36.2 Å². The lowest BCUT2D eigenvalue weighted by Crippen LogP contribution is -2.43. The zero-order valence-electron chi connectivity index (χ0n) is 24.5. The van der Waals surface area contributed by atoms with Gasteiger partial charge in [0.25, 0.3) is 0 Å². The predicted octanol–water partition coefficient (Wildman–Crippen LogP) is 6.68. The number of carboxylic acid groups (broad SMARTS) is 2. The van der Waals surface area contributed by atoms with Crippen LogP contribution in [0.5, 0.6) is 0 Å². The number of hydrogen-bond donors (Lipinski definition) is 4. The van der Waals surface area contributed by atoms with E-state index in [0.29, 0.717) is 36.9 Å². The monoisotopic (exact) mass is 620 g/mol. The Morgan fingerprint density at radius 2 is 1.63 bits per heavy atom. The molecule has 1 aromatic carbocycles. The molecule has 220 valence electrons. The highest BCUT2D eigenvalue weighted by Crippen LogP contribution is 2.39. The Labute approximate surface area is 238 Å². The number of benzene rings is 1. The van der Waals surface area contributed by atoms with Gasteiger partial charge in [-0.2, -0.15) is 0 Å². The molecular formula is C28H50BrFN2O5Si. The Kier molecular flexibility index (Phi) is 14.9. The SMILES string of the molecule is CC(C)(CCC[C@@](C)(C(=O)O)c1cccc(Br)c1F)CO[Si](C)(C)C(C)(C)C.NCCCC[C@H](N)C(=O)O. The summed E-state index contributed by atoms with van der Waals surface area (Å²) in [6.07, 6.45) is 4.04. The zero-order valence-corrected chi connectivity index (χ0v) is 27.1. The molecule has 38 heavy (non-hydrogen) atoms. The third kappa shape index (κ3) is 11.8. The highest BCUT2D eigenvalue weighted by Gasteiger charge is 2.40. The first-order valence-corrected chi connectivity index (χ1v) is 16.9. The van der Waals surface area contributed by atoms with Crippen LogP contribution in [0.3, 0.4) is 0 Å². The van der Waals surface area contributed by atoms with E-state index in [1.54, 1.807) is 25.1 Å². The van der Waals surface area contributed by atoms with Crippen molar-refractivity contribution in [3.05, 3.63) is 34.1 Å². The van der Waals surface area contributed by atoms with E-state index in [1.807, 2.05) is 0 Å². The molecule has 7 nitrogen and oxygen atoms in total. The molecule has 1 rings (SSSR count). The molecule has 0 spiro atoms. The van der Waals surface area contributed by atoms with E-state index < -0.39 is 37.5 Å². The Bertz CT molecular complexity index is 908. The number of nitrogens with two attached hydrogens (primary N) is 2. The zero-order chi connectivity index (χ0) is 29.9. The molecule has 0 aliphatic heterocycles. The molecule has 0 fully saturated rings. The van der Waals surface area contributed by atoms with E-state index in [-0.39, 0.29) is 16.0 Å². The normalized spacial score (nSPS) is 14.7. The number of unbranched alkanes of at least 4 members (excludes halogenated alkanes) is 1. The van der Waals surface area contributed by atoms with E-state index in [9.17, 15) is 19.1 Å². The van der Waals surface area contributed by atoms with Crippen LogP contribution in [0.1, 0.15) is 85.6 Å². The van der Waals surface area contributed by atoms with Crippen LogP contribution >= 0.6 is 15.9 Å². The molecule has 0 aliphatic carbocycles. The van der Waals surface area contributed by atoms with E-state index in [2.05, 4.69) is 63.6 Å². The first kappa shape index (κ1) is 36.7. The Hall–Kier alpha value is -1.33. The number of carbonyl (C=O) groups is 2. The molecule has 0 unspecified atom stereocenters. The molecule has 0 radical (unpaired) electrons. The number of rotatable bonds is 14. The fourth-order valence-electron chi connectivity index (χ4n) is 3.50. The Balaban J connectivity index is 0.00000115. The minimum absolute atomic E-state index is 0.0647. The number of carboxylic acids is 2. The van der Waals surface area contributed by atoms with Crippen molar-refractivity contribution in [2.24, 2.45) is 16.9 Å². The van der Waals surface area contributed by atoms with Crippen LogP contribution < -0.4 is 11.5 Å². The Morgan fingerprint density at radius 1 is 1.05 bits per heavy atom. The lowest BCUT2D eigenvalue weighted by Gasteiger charge is -2.39. The molecule has 0 amide bonds. The summed E-state index contributed by atoms with van der Waals surface area (Å²) in [4.78, 5) is 22.1. The second kappa shape index (κ2) is 15.5. The topological polar surface area (TPSA) is 136 Å². The summed E-state index contributed by atoms with van der Waals surface area (Å²) in [5, 5.41) is 18.3. The van der Waals surface area contributed by atoms with Crippen molar-refractivity contribution in [3.8, 4) is 0 Å². The lowest BCUT2D eigenvalue weighted by atomic mass is 9.76. The summed E-state index contributed by atoms with van der Waals surface area (Å²) in [7, 11) is -1.82. The summed E-state index contributed by atoms with van der Waals surface area (Å²) in [6, 6.07) is 4.12. The van der Waals surface area contributed by atoms with E-state index in [1.165, 1.54) is 0 Å². The van der Waals surface area contributed by atoms with Gasteiger partial charge >= 0.3 is 11.9 Å². The fourth-order valence-corrected chi connectivity index (χ4v) is 5.05. The molecule has 1 aromatic rings. The van der Waals surface area contributed by atoms with Crippen molar-refractivity contribution in [3.63, 3.8) is 0 Å². The van der Waals surface area contributed by atoms with Crippen molar-refractivity contribution in [1.29, 1.82) is 0 Å². The van der Waals surface area contributed by atoms with Gasteiger partial charge in [0.05, 0.1) is 9.89 Å². The minimum Gasteiger partial charge on any atom is -0.481 e. The molecule has 0 saturated carbocycles. The molecule has 2 atom stereocenters. The van der Waals surface area contributed by atoms with Crippen molar-refractivity contribution in [1.82, 2.24) is 0 Å². The molecule has 0 bridgehead atoms. The standard InChI is InChI=1S/C22H36BrFO3Si.C6H14N2O2/c1-20(2,3)28(7,8)27-15-21(4,5)13-10-14-22(6,19(25)26)16-11-9-12-17(23)18(16)24;7-4-2-1-3-5(8)6(9)10/h9,11-12H,10,13-15H2,1-8H3,(H,25,26);5H,1-4,7-8H2,(H,9,10)/t22-;5-/m10/s1. The number of aliphatic carboxylic acids is 2. The molecule has 10 heteroatoms. The first-order valence-electron chi connectivity index (χ1n) is 13.2. The third-order valence-electron chi connectivity index (χ3n) is 7.46.